The summed E-state index contributed by atoms with van der Waals surface area (Å²) in [6.07, 6.45) is 2.69. The zero-order valence-corrected chi connectivity index (χ0v) is 15.6. The average molecular weight is 359 g/mol. The summed E-state index contributed by atoms with van der Waals surface area (Å²) in [7, 11) is -3.21. The van der Waals surface area contributed by atoms with E-state index in [1.165, 1.54) is 4.31 Å². The van der Waals surface area contributed by atoms with E-state index in [1.807, 2.05) is 13.8 Å². The Balaban J connectivity index is 1.86. The van der Waals surface area contributed by atoms with Crippen molar-refractivity contribution in [3.63, 3.8) is 0 Å². The van der Waals surface area contributed by atoms with E-state index in [9.17, 15) is 18.0 Å². The highest BCUT2D eigenvalue weighted by Crippen LogP contribution is 2.21. The summed E-state index contributed by atoms with van der Waals surface area (Å²) in [6, 6.07) is 0. The van der Waals surface area contributed by atoms with Crippen molar-refractivity contribution in [1.82, 2.24) is 14.1 Å². The van der Waals surface area contributed by atoms with E-state index in [2.05, 4.69) is 0 Å². The number of hydrogen-bond acceptors (Lipinski definition) is 4. The Kier molecular flexibility index (Phi) is 6.62. The third-order valence-corrected chi connectivity index (χ3v) is 6.71. The minimum atomic E-state index is -3.21. The molecule has 2 amide bonds. The summed E-state index contributed by atoms with van der Waals surface area (Å²) < 4.78 is 25.9. The van der Waals surface area contributed by atoms with E-state index in [-0.39, 0.29) is 29.9 Å². The Morgan fingerprint density at radius 2 is 1.79 bits per heavy atom. The molecule has 2 aliphatic heterocycles. The first-order valence-corrected chi connectivity index (χ1v) is 10.5. The van der Waals surface area contributed by atoms with Gasteiger partial charge in [0.15, 0.2) is 0 Å². The SMILES string of the molecule is CCCCS(=O)(=O)N1CCN(C(=O)C2CC(=O)N(CCC)C2)CC1. The molecule has 138 valence electrons. The Hall–Kier alpha value is -1.15. The van der Waals surface area contributed by atoms with Gasteiger partial charge in [0.1, 0.15) is 0 Å². The monoisotopic (exact) mass is 359 g/mol. The molecule has 0 bridgehead atoms. The zero-order chi connectivity index (χ0) is 17.7. The largest absolute Gasteiger partial charge is 0.342 e. The van der Waals surface area contributed by atoms with Crippen LogP contribution in [0.5, 0.6) is 0 Å². The lowest BCUT2D eigenvalue weighted by Crippen LogP contribution is -2.52. The number of rotatable bonds is 7. The van der Waals surface area contributed by atoms with Gasteiger partial charge >= 0.3 is 0 Å². The lowest BCUT2D eigenvalue weighted by atomic mass is 10.1. The molecule has 0 aliphatic carbocycles. The number of unbranched alkanes of at least 4 members (excludes halogenated alkanes) is 1. The number of nitrogens with zero attached hydrogens (tertiary/aromatic N) is 3. The number of likely N-dealkylation sites (tertiary alicyclic amines) is 1. The number of carbonyl (C=O) groups is 2. The highest BCUT2D eigenvalue weighted by atomic mass is 32.2. The highest BCUT2D eigenvalue weighted by Gasteiger charge is 2.37. The molecule has 0 aromatic rings. The van der Waals surface area contributed by atoms with Crippen LogP contribution in [0, 0.1) is 5.92 Å². The molecule has 0 radical (unpaired) electrons. The van der Waals surface area contributed by atoms with Crippen LogP contribution in [-0.2, 0) is 19.6 Å². The van der Waals surface area contributed by atoms with Crippen molar-refractivity contribution in [1.29, 1.82) is 0 Å². The standard InChI is InChI=1S/C16H29N3O4S/c1-3-5-11-24(22,23)19-9-7-17(8-10-19)16(21)14-12-15(20)18(13-14)6-4-2/h14H,3-13H2,1-2H3. The molecule has 24 heavy (non-hydrogen) atoms. The molecule has 8 heteroatoms. The molecule has 0 N–H and O–H groups in total. The fourth-order valence-corrected chi connectivity index (χ4v) is 4.96. The first kappa shape index (κ1) is 19.2. The van der Waals surface area contributed by atoms with Crippen molar-refractivity contribution in [3.05, 3.63) is 0 Å². The van der Waals surface area contributed by atoms with Crippen molar-refractivity contribution >= 4 is 21.8 Å². The molecule has 0 aromatic carbocycles. The van der Waals surface area contributed by atoms with Crippen molar-refractivity contribution in [2.45, 2.75) is 39.5 Å². The van der Waals surface area contributed by atoms with Crippen LogP contribution < -0.4 is 0 Å². The molecule has 2 saturated heterocycles. The van der Waals surface area contributed by atoms with Crippen LogP contribution in [0.3, 0.4) is 0 Å². The number of hydrogen-bond donors (Lipinski definition) is 0. The molecule has 2 aliphatic rings. The van der Waals surface area contributed by atoms with E-state index >= 15 is 0 Å². The van der Waals surface area contributed by atoms with Gasteiger partial charge in [0.05, 0.1) is 11.7 Å². The number of carbonyl (C=O) groups excluding carboxylic acids is 2. The van der Waals surface area contributed by atoms with Gasteiger partial charge in [-0.05, 0) is 12.8 Å². The van der Waals surface area contributed by atoms with E-state index in [1.54, 1.807) is 9.80 Å². The Labute approximate surface area is 145 Å². The van der Waals surface area contributed by atoms with Gasteiger partial charge in [-0.1, -0.05) is 20.3 Å². The van der Waals surface area contributed by atoms with Crippen LogP contribution in [0.15, 0.2) is 0 Å². The predicted octanol–water partition coefficient (Wildman–Crippen LogP) is 0.519. The second kappa shape index (κ2) is 8.29. The lowest BCUT2D eigenvalue weighted by Gasteiger charge is -2.35. The number of sulfonamides is 1. The Morgan fingerprint density at radius 1 is 1.12 bits per heavy atom. The molecule has 0 spiro atoms. The minimum Gasteiger partial charge on any atom is -0.342 e. The van der Waals surface area contributed by atoms with E-state index < -0.39 is 10.0 Å². The first-order chi connectivity index (χ1) is 11.4. The van der Waals surface area contributed by atoms with Gasteiger partial charge in [0.2, 0.25) is 21.8 Å². The normalized spacial score (nSPS) is 23.1. The van der Waals surface area contributed by atoms with Crippen molar-refractivity contribution < 1.29 is 18.0 Å². The first-order valence-electron chi connectivity index (χ1n) is 8.93. The van der Waals surface area contributed by atoms with Crippen LogP contribution in [0.1, 0.15) is 39.5 Å². The summed E-state index contributed by atoms with van der Waals surface area (Å²) in [6.45, 7) is 6.74. The quantitative estimate of drug-likeness (QED) is 0.664. The summed E-state index contributed by atoms with van der Waals surface area (Å²) in [4.78, 5) is 28.0. The second-order valence-electron chi connectivity index (χ2n) is 6.63. The molecule has 0 saturated carbocycles. The van der Waals surface area contributed by atoms with Gasteiger partial charge < -0.3 is 9.80 Å². The summed E-state index contributed by atoms with van der Waals surface area (Å²) in [5.74, 6) is -0.0450. The second-order valence-corrected chi connectivity index (χ2v) is 8.72. The average Bonchev–Trinajstić information content (AvgIpc) is 2.94. The smallest absolute Gasteiger partial charge is 0.228 e. The predicted molar refractivity (Wildman–Crippen MR) is 91.8 cm³/mol. The van der Waals surface area contributed by atoms with E-state index in [0.717, 1.165) is 12.8 Å². The van der Waals surface area contributed by atoms with E-state index in [4.69, 9.17) is 0 Å². The van der Waals surface area contributed by atoms with Gasteiger partial charge in [-0.2, -0.15) is 4.31 Å². The maximum atomic E-state index is 12.6. The van der Waals surface area contributed by atoms with Crippen LogP contribution >= 0.6 is 0 Å². The summed E-state index contributed by atoms with van der Waals surface area (Å²) in [5, 5.41) is 0. The van der Waals surface area contributed by atoms with Crippen molar-refractivity contribution in [3.8, 4) is 0 Å². The zero-order valence-electron chi connectivity index (χ0n) is 14.7. The van der Waals surface area contributed by atoms with Crippen LogP contribution in [0.4, 0.5) is 0 Å². The highest BCUT2D eigenvalue weighted by molar-refractivity contribution is 7.89. The maximum Gasteiger partial charge on any atom is 0.228 e. The van der Waals surface area contributed by atoms with Gasteiger partial charge in [0.25, 0.3) is 0 Å². The van der Waals surface area contributed by atoms with Crippen molar-refractivity contribution in [2.75, 3.05) is 45.0 Å². The number of amides is 2. The van der Waals surface area contributed by atoms with Crippen LogP contribution in [0.2, 0.25) is 0 Å². The molecular weight excluding hydrogens is 330 g/mol. The molecule has 2 fully saturated rings. The Morgan fingerprint density at radius 3 is 2.38 bits per heavy atom. The summed E-state index contributed by atoms with van der Waals surface area (Å²) in [5.41, 5.74) is 0. The summed E-state index contributed by atoms with van der Waals surface area (Å²) >= 11 is 0. The third kappa shape index (κ3) is 4.47. The van der Waals surface area contributed by atoms with Crippen LogP contribution in [0.25, 0.3) is 0 Å². The maximum absolute atomic E-state index is 12.6. The molecule has 7 nitrogen and oxygen atoms in total. The van der Waals surface area contributed by atoms with E-state index in [0.29, 0.717) is 45.7 Å². The fraction of sp³-hybridized carbons (Fsp3) is 0.875. The molecule has 0 aromatic heterocycles. The molecule has 2 rings (SSSR count). The topological polar surface area (TPSA) is 78.0 Å². The lowest BCUT2D eigenvalue weighted by molar-refractivity contribution is -0.137. The molecule has 1 atom stereocenters. The van der Waals surface area contributed by atoms with Gasteiger partial charge in [0, 0.05) is 45.7 Å². The third-order valence-electron chi connectivity index (χ3n) is 4.76. The Bertz CT molecular complexity index is 556. The molecular formula is C16H29N3O4S. The van der Waals surface area contributed by atoms with Gasteiger partial charge in [-0.15, -0.1) is 0 Å². The van der Waals surface area contributed by atoms with Crippen LogP contribution in [-0.4, -0.2) is 79.4 Å². The number of piperazine rings is 1. The van der Waals surface area contributed by atoms with Gasteiger partial charge in [-0.3, -0.25) is 9.59 Å². The molecule has 2 heterocycles. The van der Waals surface area contributed by atoms with Gasteiger partial charge in [-0.25, -0.2) is 8.42 Å². The van der Waals surface area contributed by atoms with Crippen molar-refractivity contribution in [2.24, 2.45) is 5.92 Å². The fourth-order valence-electron chi connectivity index (χ4n) is 3.32. The minimum absolute atomic E-state index is 0.00689. The molecule has 1 unspecified atom stereocenters.